The summed E-state index contributed by atoms with van der Waals surface area (Å²) < 4.78 is 5.81. The molecule has 2 unspecified atom stereocenters. The van der Waals surface area contributed by atoms with Gasteiger partial charge in [0.15, 0.2) is 0 Å². The molecule has 1 fully saturated rings. The van der Waals surface area contributed by atoms with Crippen molar-refractivity contribution < 1.29 is 9.84 Å². The van der Waals surface area contributed by atoms with E-state index in [1.807, 2.05) is 0 Å². The van der Waals surface area contributed by atoms with Crippen molar-refractivity contribution in [3.63, 3.8) is 0 Å². The van der Waals surface area contributed by atoms with Gasteiger partial charge in [-0.25, -0.2) is 0 Å². The van der Waals surface area contributed by atoms with Crippen LogP contribution in [0.3, 0.4) is 0 Å². The molecular weight excluding hydrogens is 212 g/mol. The summed E-state index contributed by atoms with van der Waals surface area (Å²) >= 11 is 0. The Morgan fingerprint density at radius 3 is 2.59 bits per heavy atom. The van der Waals surface area contributed by atoms with Gasteiger partial charge < -0.3 is 9.84 Å². The lowest BCUT2D eigenvalue weighted by Crippen LogP contribution is -2.25. The zero-order chi connectivity index (χ0) is 12.3. The maximum Gasteiger partial charge on any atom is 0.0874 e. The van der Waals surface area contributed by atoms with Crippen molar-refractivity contribution in [2.45, 2.75) is 38.7 Å². The maximum atomic E-state index is 9.39. The van der Waals surface area contributed by atoms with Gasteiger partial charge >= 0.3 is 0 Å². The first-order chi connectivity index (χ1) is 8.22. The summed E-state index contributed by atoms with van der Waals surface area (Å²) in [4.78, 5) is 0. The molecule has 17 heavy (non-hydrogen) atoms. The first-order valence-electron chi connectivity index (χ1n) is 6.54. The fourth-order valence-corrected chi connectivity index (χ4v) is 2.47. The number of aliphatic hydroxyl groups is 1. The molecule has 2 rings (SSSR count). The largest absolute Gasteiger partial charge is 0.396 e. The minimum Gasteiger partial charge on any atom is -0.396 e. The van der Waals surface area contributed by atoms with E-state index in [2.05, 4.69) is 38.1 Å². The number of aliphatic hydroxyl groups excluding tert-OH is 1. The molecule has 1 aliphatic rings. The van der Waals surface area contributed by atoms with Crippen molar-refractivity contribution in [2.24, 2.45) is 5.92 Å². The SMILES string of the molecule is CC(C)c1ccc(C2OCCCC2CO)cc1. The van der Waals surface area contributed by atoms with E-state index in [0.717, 1.165) is 19.4 Å². The van der Waals surface area contributed by atoms with E-state index in [4.69, 9.17) is 4.74 Å². The Bertz CT molecular complexity index is 342. The Morgan fingerprint density at radius 1 is 1.29 bits per heavy atom. The van der Waals surface area contributed by atoms with Crippen molar-refractivity contribution in [1.29, 1.82) is 0 Å². The van der Waals surface area contributed by atoms with Crippen molar-refractivity contribution in [3.05, 3.63) is 35.4 Å². The second kappa shape index (κ2) is 5.65. The zero-order valence-corrected chi connectivity index (χ0v) is 10.7. The molecule has 1 aromatic rings. The lowest BCUT2D eigenvalue weighted by Gasteiger charge is -2.31. The number of hydrogen-bond acceptors (Lipinski definition) is 2. The Kier molecular flexibility index (Phi) is 4.19. The van der Waals surface area contributed by atoms with E-state index < -0.39 is 0 Å². The third-order valence-electron chi connectivity index (χ3n) is 3.61. The highest BCUT2D eigenvalue weighted by Gasteiger charge is 2.26. The van der Waals surface area contributed by atoms with Crippen LogP contribution in [0.4, 0.5) is 0 Å². The van der Waals surface area contributed by atoms with Crippen LogP contribution < -0.4 is 0 Å². The molecule has 0 spiro atoms. The minimum absolute atomic E-state index is 0.0787. The van der Waals surface area contributed by atoms with E-state index in [1.165, 1.54) is 11.1 Å². The summed E-state index contributed by atoms with van der Waals surface area (Å²) in [6.45, 7) is 5.43. The summed E-state index contributed by atoms with van der Waals surface area (Å²) in [5, 5.41) is 9.39. The van der Waals surface area contributed by atoms with Gasteiger partial charge in [0.2, 0.25) is 0 Å². The number of benzene rings is 1. The Hall–Kier alpha value is -0.860. The van der Waals surface area contributed by atoms with Crippen LogP contribution >= 0.6 is 0 Å². The van der Waals surface area contributed by atoms with Gasteiger partial charge in [-0.15, -0.1) is 0 Å². The fraction of sp³-hybridized carbons (Fsp3) is 0.600. The summed E-state index contributed by atoms with van der Waals surface area (Å²) in [7, 11) is 0. The van der Waals surface area contributed by atoms with Gasteiger partial charge in [-0.1, -0.05) is 38.1 Å². The molecule has 0 aromatic heterocycles. The predicted molar refractivity (Wildman–Crippen MR) is 69.0 cm³/mol. The molecule has 2 atom stereocenters. The number of ether oxygens (including phenoxy) is 1. The van der Waals surface area contributed by atoms with Crippen LogP contribution in [-0.4, -0.2) is 18.3 Å². The average Bonchev–Trinajstić information content (AvgIpc) is 2.39. The minimum atomic E-state index is 0.0787. The van der Waals surface area contributed by atoms with Gasteiger partial charge in [0.1, 0.15) is 0 Å². The van der Waals surface area contributed by atoms with Crippen LogP contribution in [0.15, 0.2) is 24.3 Å². The molecule has 0 amide bonds. The molecule has 0 aliphatic carbocycles. The third kappa shape index (κ3) is 2.88. The van der Waals surface area contributed by atoms with Crippen LogP contribution in [0, 0.1) is 5.92 Å². The molecule has 2 nitrogen and oxygen atoms in total. The lowest BCUT2D eigenvalue weighted by molar-refractivity contribution is -0.0457. The molecule has 0 radical (unpaired) electrons. The molecule has 1 aromatic carbocycles. The molecule has 0 bridgehead atoms. The van der Waals surface area contributed by atoms with E-state index >= 15 is 0 Å². The predicted octanol–water partition coefficient (Wildman–Crippen LogP) is 3.27. The smallest absolute Gasteiger partial charge is 0.0874 e. The van der Waals surface area contributed by atoms with Gasteiger partial charge in [-0.2, -0.15) is 0 Å². The van der Waals surface area contributed by atoms with Crippen molar-refractivity contribution in [3.8, 4) is 0 Å². The standard InChI is InChI=1S/C15H22O2/c1-11(2)12-5-7-13(8-6-12)15-14(10-16)4-3-9-17-15/h5-8,11,14-16H,3-4,9-10H2,1-2H3. The molecule has 2 heteroatoms. The van der Waals surface area contributed by atoms with Gasteiger partial charge in [0.25, 0.3) is 0 Å². The van der Waals surface area contributed by atoms with E-state index in [0.29, 0.717) is 5.92 Å². The number of hydrogen-bond donors (Lipinski definition) is 1. The fourth-order valence-electron chi connectivity index (χ4n) is 2.47. The van der Waals surface area contributed by atoms with Gasteiger partial charge in [-0.3, -0.25) is 0 Å². The van der Waals surface area contributed by atoms with Crippen LogP contribution in [-0.2, 0) is 4.74 Å². The van der Waals surface area contributed by atoms with Gasteiger partial charge in [0.05, 0.1) is 6.10 Å². The normalized spacial score (nSPS) is 25.2. The van der Waals surface area contributed by atoms with Gasteiger partial charge in [0, 0.05) is 19.1 Å². The molecular formula is C15H22O2. The highest BCUT2D eigenvalue weighted by molar-refractivity contribution is 5.26. The Balaban J connectivity index is 2.15. The first kappa shape index (κ1) is 12.6. The molecule has 1 saturated heterocycles. The monoisotopic (exact) mass is 234 g/mol. The van der Waals surface area contributed by atoms with Crippen molar-refractivity contribution in [1.82, 2.24) is 0 Å². The third-order valence-corrected chi connectivity index (χ3v) is 3.61. The maximum absolute atomic E-state index is 9.39. The molecule has 1 heterocycles. The molecule has 0 saturated carbocycles. The van der Waals surface area contributed by atoms with Crippen LogP contribution in [0.2, 0.25) is 0 Å². The number of rotatable bonds is 3. The molecule has 94 valence electrons. The van der Waals surface area contributed by atoms with Crippen molar-refractivity contribution >= 4 is 0 Å². The molecule has 1 N–H and O–H groups in total. The van der Waals surface area contributed by atoms with Crippen LogP contribution in [0.25, 0.3) is 0 Å². The quantitative estimate of drug-likeness (QED) is 0.869. The highest BCUT2D eigenvalue weighted by atomic mass is 16.5. The van der Waals surface area contributed by atoms with Crippen molar-refractivity contribution in [2.75, 3.05) is 13.2 Å². The summed E-state index contributed by atoms with van der Waals surface area (Å²) in [6, 6.07) is 8.64. The summed E-state index contributed by atoms with van der Waals surface area (Å²) in [5.41, 5.74) is 2.55. The average molecular weight is 234 g/mol. The second-order valence-electron chi connectivity index (χ2n) is 5.20. The second-order valence-corrected chi connectivity index (χ2v) is 5.20. The highest BCUT2D eigenvalue weighted by Crippen LogP contribution is 2.33. The topological polar surface area (TPSA) is 29.5 Å². The van der Waals surface area contributed by atoms with Crippen LogP contribution in [0.1, 0.15) is 49.8 Å². The zero-order valence-electron chi connectivity index (χ0n) is 10.7. The Morgan fingerprint density at radius 2 is 2.00 bits per heavy atom. The first-order valence-corrected chi connectivity index (χ1v) is 6.54. The summed E-state index contributed by atoms with van der Waals surface area (Å²) in [5.74, 6) is 0.818. The van der Waals surface area contributed by atoms with E-state index in [9.17, 15) is 5.11 Å². The van der Waals surface area contributed by atoms with E-state index in [1.54, 1.807) is 0 Å². The van der Waals surface area contributed by atoms with Gasteiger partial charge in [-0.05, 0) is 29.9 Å². The molecule has 1 aliphatic heterocycles. The Labute approximate surface area is 104 Å². The van der Waals surface area contributed by atoms with E-state index in [-0.39, 0.29) is 18.6 Å². The summed E-state index contributed by atoms with van der Waals surface area (Å²) in [6.07, 6.45) is 2.20. The lowest BCUT2D eigenvalue weighted by atomic mass is 9.89. The van der Waals surface area contributed by atoms with Crippen LogP contribution in [0.5, 0.6) is 0 Å².